The van der Waals surface area contributed by atoms with E-state index in [9.17, 15) is 20.0 Å². The molecule has 0 bridgehead atoms. The van der Waals surface area contributed by atoms with Crippen molar-refractivity contribution in [2.24, 2.45) is 0 Å². The number of carbonyl (C=O) groups excluding carboxylic acids is 1. The van der Waals surface area contributed by atoms with Gasteiger partial charge in [0, 0.05) is 6.07 Å². The Labute approximate surface area is 115 Å². The van der Waals surface area contributed by atoms with Crippen LogP contribution in [0.2, 0.25) is 0 Å². The maximum absolute atomic E-state index is 12.2. The predicted octanol–water partition coefficient (Wildman–Crippen LogP) is 1.25. The molecule has 0 atom stereocenters. The van der Waals surface area contributed by atoms with Crippen molar-refractivity contribution in [1.82, 2.24) is 5.32 Å². The Morgan fingerprint density at radius 2 is 2.25 bits per heavy atom. The minimum Gasteiger partial charge on any atom is -0.487 e. The molecule has 2 rings (SSSR count). The van der Waals surface area contributed by atoms with E-state index < -0.39 is 16.4 Å². The van der Waals surface area contributed by atoms with Crippen molar-refractivity contribution in [3.63, 3.8) is 0 Å². The minimum atomic E-state index is -0.583. The number of benzene rings is 1. The van der Waals surface area contributed by atoms with E-state index in [0.717, 1.165) is 0 Å². The van der Waals surface area contributed by atoms with Gasteiger partial charge < -0.3 is 15.2 Å². The summed E-state index contributed by atoms with van der Waals surface area (Å²) in [4.78, 5) is 22.6. The summed E-state index contributed by atoms with van der Waals surface area (Å²) in [6.45, 7) is 1.77. The third kappa shape index (κ3) is 2.72. The van der Waals surface area contributed by atoms with Crippen LogP contribution in [0, 0.1) is 10.1 Å². The third-order valence-electron chi connectivity index (χ3n) is 3.26. The fourth-order valence-electron chi connectivity index (χ4n) is 1.93. The summed E-state index contributed by atoms with van der Waals surface area (Å²) < 4.78 is 5.25. The van der Waals surface area contributed by atoms with Crippen LogP contribution in [0.4, 0.5) is 5.69 Å². The largest absolute Gasteiger partial charge is 0.487 e. The lowest BCUT2D eigenvalue weighted by Crippen LogP contribution is -2.39. The van der Waals surface area contributed by atoms with Crippen molar-refractivity contribution in [1.29, 1.82) is 0 Å². The number of rotatable bonds is 6. The zero-order chi connectivity index (χ0) is 14.8. The summed E-state index contributed by atoms with van der Waals surface area (Å²) in [5, 5.41) is 22.9. The van der Waals surface area contributed by atoms with Gasteiger partial charge >= 0.3 is 5.69 Å². The van der Waals surface area contributed by atoms with Crippen molar-refractivity contribution in [3.8, 4) is 5.75 Å². The van der Waals surface area contributed by atoms with Crippen LogP contribution in [0.15, 0.2) is 18.2 Å². The number of hydrogen-bond acceptors (Lipinski definition) is 5. The maximum atomic E-state index is 12.2. The molecule has 7 nitrogen and oxygen atoms in total. The molecule has 1 aliphatic carbocycles. The van der Waals surface area contributed by atoms with Crippen LogP contribution >= 0.6 is 0 Å². The fraction of sp³-hybridized carbons (Fsp3) is 0.462. The molecule has 0 spiro atoms. The Bertz CT molecular complexity index is 540. The summed E-state index contributed by atoms with van der Waals surface area (Å²) in [7, 11) is 0. The van der Waals surface area contributed by atoms with Crippen LogP contribution in [-0.2, 0) is 0 Å². The van der Waals surface area contributed by atoms with Gasteiger partial charge in [-0.25, -0.2) is 0 Å². The van der Waals surface area contributed by atoms with Crippen molar-refractivity contribution in [2.45, 2.75) is 25.3 Å². The van der Waals surface area contributed by atoms with Crippen LogP contribution in [0.25, 0.3) is 0 Å². The van der Waals surface area contributed by atoms with Gasteiger partial charge in [0.25, 0.3) is 5.91 Å². The predicted molar refractivity (Wildman–Crippen MR) is 70.8 cm³/mol. The first kappa shape index (κ1) is 14.3. The van der Waals surface area contributed by atoms with Gasteiger partial charge in [0.1, 0.15) is 0 Å². The fourth-order valence-corrected chi connectivity index (χ4v) is 1.93. The molecule has 1 fully saturated rings. The average Bonchev–Trinajstić information content (AvgIpc) is 3.19. The number of hydrogen-bond donors (Lipinski definition) is 2. The molecule has 108 valence electrons. The van der Waals surface area contributed by atoms with Crippen molar-refractivity contribution >= 4 is 11.6 Å². The number of aliphatic hydroxyl groups excluding tert-OH is 1. The normalized spacial score (nSPS) is 15.5. The highest BCUT2D eigenvalue weighted by Gasteiger charge is 2.44. The molecule has 0 aromatic heterocycles. The van der Waals surface area contributed by atoms with Gasteiger partial charge in [0.2, 0.25) is 5.75 Å². The molecule has 0 saturated heterocycles. The Balaban J connectivity index is 2.32. The molecular formula is C13H16N2O5. The van der Waals surface area contributed by atoms with Gasteiger partial charge in [-0.3, -0.25) is 14.9 Å². The molecule has 1 aromatic rings. The molecule has 1 aliphatic rings. The number of carbonyl (C=O) groups is 1. The number of nitrogens with one attached hydrogen (secondary N) is 1. The first-order valence-electron chi connectivity index (χ1n) is 6.36. The quantitative estimate of drug-likeness (QED) is 0.603. The number of ether oxygens (including phenoxy) is 1. The number of nitro groups is 1. The van der Waals surface area contributed by atoms with Crippen LogP contribution in [0.5, 0.6) is 5.75 Å². The topological polar surface area (TPSA) is 102 Å². The van der Waals surface area contributed by atoms with Gasteiger partial charge in [-0.2, -0.15) is 0 Å². The molecule has 20 heavy (non-hydrogen) atoms. The zero-order valence-electron chi connectivity index (χ0n) is 11.1. The second-order valence-electron chi connectivity index (χ2n) is 4.74. The second kappa shape index (κ2) is 5.46. The second-order valence-corrected chi connectivity index (χ2v) is 4.74. The molecule has 1 amide bonds. The van der Waals surface area contributed by atoms with Crippen LogP contribution in [0.3, 0.4) is 0 Å². The van der Waals surface area contributed by atoms with E-state index in [0.29, 0.717) is 12.8 Å². The van der Waals surface area contributed by atoms with E-state index >= 15 is 0 Å². The van der Waals surface area contributed by atoms with E-state index in [1.807, 2.05) is 0 Å². The van der Waals surface area contributed by atoms with Crippen molar-refractivity contribution in [2.75, 3.05) is 13.2 Å². The summed E-state index contributed by atoms with van der Waals surface area (Å²) in [5.41, 5.74) is -0.709. The Morgan fingerprint density at radius 1 is 1.55 bits per heavy atom. The molecular weight excluding hydrogens is 264 g/mol. The lowest BCUT2D eigenvalue weighted by atomic mass is 10.1. The van der Waals surface area contributed by atoms with E-state index in [-0.39, 0.29) is 30.2 Å². The summed E-state index contributed by atoms with van der Waals surface area (Å²) in [6.07, 6.45) is 1.41. The van der Waals surface area contributed by atoms with Crippen LogP contribution < -0.4 is 10.1 Å². The summed E-state index contributed by atoms with van der Waals surface area (Å²) in [6, 6.07) is 4.20. The van der Waals surface area contributed by atoms with Crippen LogP contribution in [-0.4, -0.2) is 34.7 Å². The highest BCUT2D eigenvalue weighted by Crippen LogP contribution is 2.36. The van der Waals surface area contributed by atoms with E-state index in [2.05, 4.69) is 5.32 Å². The first-order valence-corrected chi connectivity index (χ1v) is 6.36. The lowest BCUT2D eigenvalue weighted by molar-refractivity contribution is -0.385. The van der Waals surface area contributed by atoms with E-state index in [1.165, 1.54) is 18.2 Å². The smallest absolute Gasteiger partial charge is 0.311 e. The average molecular weight is 280 g/mol. The first-order chi connectivity index (χ1) is 9.53. The molecule has 7 heteroatoms. The Hall–Kier alpha value is -2.15. The molecule has 1 saturated carbocycles. The molecule has 0 heterocycles. The Morgan fingerprint density at radius 3 is 2.75 bits per heavy atom. The number of aliphatic hydroxyl groups is 1. The van der Waals surface area contributed by atoms with E-state index in [1.54, 1.807) is 6.92 Å². The number of amides is 1. The van der Waals surface area contributed by atoms with Crippen molar-refractivity contribution < 1.29 is 19.6 Å². The molecule has 2 N–H and O–H groups in total. The molecule has 0 radical (unpaired) electrons. The number of para-hydroxylation sites is 1. The van der Waals surface area contributed by atoms with Gasteiger partial charge in [-0.1, -0.05) is 6.07 Å². The molecule has 0 aliphatic heterocycles. The summed E-state index contributed by atoms with van der Waals surface area (Å²) in [5.74, 6) is -0.505. The van der Waals surface area contributed by atoms with E-state index in [4.69, 9.17) is 4.74 Å². The van der Waals surface area contributed by atoms with Crippen LogP contribution in [0.1, 0.15) is 30.1 Å². The van der Waals surface area contributed by atoms with Crippen molar-refractivity contribution in [3.05, 3.63) is 33.9 Å². The van der Waals surface area contributed by atoms with Gasteiger partial charge in [-0.15, -0.1) is 0 Å². The monoisotopic (exact) mass is 280 g/mol. The Kier molecular flexibility index (Phi) is 3.89. The SMILES string of the molecule is CCOc1c(C(=O)NC2(CO)CC2)cccc1[N+](=O)[O-]. The third-order valence-corrected chi connectivity index (χ3v) is 3.26. The highest BCUT2D eigenvalue weighted by molar-refractivity contribution is 5.98. The minimum absolute atomic E-state index is 0.0359. The number of nitrogens with zero attached hydrogens (tertiary/aromatic N) is 1. The van der Waals surface area contributed by atoms with Gasteiger partial charge in [0.05, 0.1) is 29.2 Å². The summed E-state index contributed by atoms with van der Waals surface area (Å²) >= 11 is 0. The van der Waals surface area contributed by atoms with Gasteiger partial charge in [-0.05, 0) is 25.8 Å². The molecule has 1 aromatic carbocycles. The number of nitro benzene ring substituents is 1. The zero-order valence-corrected chi connectivity index (χ0v) is 11.1. The maximum Gasteiger partial charge on any atom is 0.311 e. The highest BCUT2D eigenvalue weighted by atomic mass is 16.6. The van der Waals surface area contributed by atoms with Gasteiger partial charge in [0.15, 0.2) is 0 Å². The lowest BCUT2D eigenvalue weighted by Gasteiger charge is -2.16. The molecule has 0 unspecified atom stereocenters. The standard InChI is InChI=1S/C13H16N2O5/c1-2-20-11-9(4-3-5-10(11)15(18)19)12(17)14-13(8-16)6-7-13/h3-5,16H,2,6-8H2,1H3,(H,14,17).